The number of amides is 3. The number of nitrogens with one attached hydrogen (secondary N) is 3. The van der Waals surface area contributed by atoms with Crippen LogP contribution in [0.25, 0.3) is 0 Å². The van der Waals surface area contributed by atoms with E-state index in [2.05, 4.69) is 22.9 Å². The maximum atomic E-state index is 12.6. The van der Waals surface area contributed by atoms with Crippen molar-refractivity contribution in [3.05, 3.63) is 0 Å². The fourth-order valence-corrected chi connectivity index (χ4v) is 3.02. The summed E-state index contributed by atoms with van der Waals surface area (Å²) in [6.45, 7) is 9.14. The quantitative estimate of drug-likeness (QED) is 0.0893. The lowest BCUT2D eigenvalue weighted by molar-refractivity contribution is -0.131. The minimum atomic E-state index is -0.719. The van der Waals surface area contributed by atoms with Crippen molar-refractivity contribution in [2.75, 3.05) is 99.0 Å². The first-order valence-corrected chi connectivity index (χ1v) is 14.0. The van der Waals surface area contributed by atoms with E-state index in [1.165, 1.54) is 0 Å². The van der Waals surface area contributed by atoms with Crippen LogP contribution in [0.5, 0.6) is 0 Å². The fourth-order valence-electron chi connectivity index (χ4n) is 3.02. The van der Waals surface area contributed by atoms with Gasteiger partial charge in [-0.2, -0.15) is 0 Å². The molecule has 1 atom stereocenters. The highest BCUT2D eigenvalue weighted by atomic mass is 16.6. The third-order valence-electron chi connectivity index (χ3n) is 5.04. The molecule has 0 aliphatic carbocycles. The summed E-state index contributed by atoms with van der Waals surface area (Å²) in [7, 11) is 0. The first-order chi connectivity index (χ1) is 19.0. The molecule has 39 heavy (non-hydrogen) atoms. The van der Waals surface area contributed by atoms with Crippen molar-refractivity contribution < 1.29 is 47.9 Å². The summed E-state index contributed by atoms with van der Waals surface area (Å²) in [4.78, 5) is 36.8. The van der Waals surface area contributed by atoms with Crippen LogP contribution in [0.4, 0.5) is 0 Å². The number of hydrogen-bond acceptors (Lipinski definition) is 10. The van der Waals surface area contributed by atoms with Crippen LogP contribution < -0.4 is 16.0 Å². The van der Waals surface area contributed by atoms with E-state index in [0.29, 0.717) is 65.9 Å². The molecule has 0 unspecified atom stereocenters. The zero-order chi connectivity index (χ0) is 28.8. The van der Waals surface area contributed by atoms with Crippen molar-refractivity contribution in [1.29, 1.82) is 0 Å². The summed E-state index contributed by atoms with van der Waals surface area (Å²) in [5.41, 5.74) is 0. The van der Waals surface area contributed by atoms with Gasteiger partial charge in [0.15, 0.2) is 0 Å². The smallest absolute Gasteiger partial charge is 0.243 e. The van der Waals surface area contributed by atoms with E-state index in [4.69, 9.17) is 33.5 Å². The highest BCUT2D eigenvalue weighted by molar-refractivity contribution is 5.90. The number of unbranched alkanes of at least 4 members (excludes halogenated alkanes) is 1. The van der Waals surface area contributed by atoms with Crippen molar-refractivity contribution in [3.8, 4) is 0 Å². The van der Waals surface area contributed by atoms with Crippen LogP contribution in [0.15, 0.2) is 0 Å². The molecule has 4 N–H and O–H groups in total. The number of carbonyl (C=O) groups excluding carboxylic acids is 3. The molecule has 13 heteroatoms. The summed E-state index contributed by atoms with van der Waals surface area (Å²) in [5.74, 6) is -1.06. The third kappa shape index (κ3) is 26.1. The number of rotatable bonds is 29. The van der Waals surface area contributed by atoms with Gasteiger partial charge in [0.25, 0.3) is 0 Å². The first-order valence-electron chi connectivity index (χ1n) is 14.0. The Bertz CT molecular complexity index is 598. The van der Waals surface area contributed by atoms with Gasteiger partial charge in [-0.3, -0.25) is 14.4 Å². The van der Waals surface area contributed by atoms with Gasteiger partial charge in [0.05, 0.1) is 85.8 Å². The molecule has 0 saturated carbocycles. The van der Waals surface area contributed by atoms with Gasteiger partial charge in [-0.05, 0) is 12.8 Å². The molecule has 0 aliphatic rings. The Hall–Kier alpha value is -1.87. The summed E-state index contributed by atoms with van der Waals surface area (Å²) >= 11 is 0. The van der Waals surface area contributed by atoms with Gasteiger partial charge in [0.2, 0.25) is 17.7 Å². The molecule has 0 spiro atoms. The van der Waals surface area contributed by atoms with Gasteiger partial charge in [-0.1, -0.05) is 26.7 Å². The van der Waals surface area contributed by atoms with Crippen LogP contribution in [0.2, 0.25) is 0 Å². The van der Waals surface area contributed by atoms with E-state index in [-0.39, 0.29) is 51.1 Å². The van der Waals surface area contributed by atoms with Crippen LogP contribution in [0, 0.1) is 0 Å². The monoisotopic (exact) mass is 565 g/mol. The summed E-state index contributed by atoms with van der Waals surface area (Å²) < 4.78 is 31.9. The second-order valence-electron chi connectivity index (χ2n) is 8.48. The topological polar surface area (TPSA) is 163 Å². The molecule has 0 radical (unpaired) electrons. The van der Waals surface area contributed by atoms with Crippen LogP contribution >= 0.6 is 0 Å². The SMILES string of the molecule is CCCC[C@H](NC(=O)CCOCCOCCOCCOCCC)C(=O)NCC(=O)NCCOCCOCCO. The normalized spacial score (nSPS) is 11.8. The lowest BCUT2D eigenvalue weighted by Crippen LogP contribution is -2.49. The molecular formula is C26H51N3O10. The van der Waals surface area contributed by atoms with Gasteiger partial charge in [-0.25, -0.2) is 0 Å². The second-order valence-corrected chi connectivity index (χ2v) is 8.48. The van der Waals surface area contributed by atoms with Crippen LogP contribution in [0.3, 0.4) is 0 Å². The molecule has 0 heterocycles. The lowest BCUT2D eigenvalue weighted by Gasteiger charge is -2.18. The van der Waals surface area contributed by atoms with Crippen molar-refractivity contribution in [2.45, 2.75) is 52.0 Å². The Labute approximate surface area is 232 Å². The molecule has 0 aromatic rings. The van der Waals surface area contributed by atoms with Crippen LogP contribution in [-0.4, -0.2) is 128 Å². The highest BCUT2D eigenvalue weighted by Crippen LogP contribution is 2.02. The zero-order valence-electron chi connectivity index (χ0n) is 23.8. The maximum Gasteiger partial charge on any atom is 0.243 e. The Balaban J connectivity index is 3.93. The van der Waals surface area contributed by atoms with E-state index in [0.717, 1.165) is 25.9 Å². The van der Waals surface area contributed by atoms with Crippen molar-refractivity contribution in [2.24, 2.45) is 0 Å². The van der Waals surface area contributed by atoms with Crippen molar-refractivity contribution in [3.63, 3.8) is 0 Å². The van der Waals surface area contributed by atoms with Crippen LogP contribution in [0.1, 0.15) is 46.0 Å². The third-order valence-corrected chi connectivity index (χ3v) is 5.04. The number of ether oxygens (including phenoxy) is 6. The average molecular weight is 566 g/mol. The van der Waals surface area contributed by atoms with E-state index in [9.17, 15) is 14.4 Å². The van der Waals surface area contributed by atoms with E-state index < -0.39 is 11.9 Å². The Morgan fingerprint density at radius 1 is 0.641 bits per heavy atom. The maximum absolute atomic E-state index is 12.6. The minimum absolute atomic E-state index is 0.0390. The zero-order valence-corrected chi connectivity index (χ0v) is 23.8. The van der Waals surface area contributed by atoms with Crippen molar-refractivity contribution in [1.82, 2.24) is 16.0 Å². The molecule has 0 aromatic heterocycles. The second kappa shape index (κ2) is 29.1. The molecule has 13 nitrogen and oxygen atoms in total. The lowest BCUT2D eigenvalue weighted by atomic mass is 10.1. The number of hydrogen-bond donors (Lipinski definition) is 4. The molecule has 0 fully saturated rings. The first kappa shape index (κ1) is 37.1. The molecule has 0 bridgehead atoms. The molecule has 230 valence electrons. The van der Waals surface area contributed by atoms with Gasteiger partial charge in [0, 0.05) is 19.6 Å². The average Bonchev–Trinajstić information content (AvgIpc) is 2.93. The van der Waals surface area contributed by atoms with Crippen LogP contribution in [-0.2, 0) is 42.8 Å². The molecule has 0 aliphatic heterocycles. The molecule has 0 aromatic carbocycles. The predicted octanol–water partition coefficient (Wildman–Crippen LogP) is -0.214. The predicted molar refractivity (Wildman–Crippen MR) is 144 cm³/mol. The molecular weight excluding hydrogens is 514 g/mol. The standard InChI is InChI=1S/C26H51N3O10/c1-3-5-6-23(26(33)28-22-25(32)27-8-12-36-16-17-37-13-9-30)29-24(31)7-11-35-15-19-39-21-20-38-18-14-34-10-4-2/h23,30H,3-22H2,1-2H3,(H,27,32)(H,28,33)(H,29,31)/t23-/m0/s1. The Morgan fingerprint density at radius 2 is 1.18 bits per heavy atom. The summed E-state index contributed by atoms with van der Waals surface area (Å²) in [5, 5.41) is 16.6. The molecule has 0 saturated heterocycles. The Kier molecular flexibility index (Phi) is 27.7. The van der Waals surface area contributed by atoms with E-state index >= 15 is 0 Å². The van der Waals surface area contributed by atoms with E-state index in [1.54, 1.807) is 0 Å². The summed E-state index contributed by atoms with van der Waals surface area (Å²) in [6, 6.07) is -0.719. The van der Waals surface area contributed by atoms with Gasteiger partial charge >= 0.3 is 0 Å². The fraction of sp³-hybridized carbons (Fsp3) is 0.885. The minimum Gasteiger partial charge on any atom is -0.394 e. The number of aliphatic hydroxyl groups excluding tert-OH is 1. The largest absolute Gasteiger partial charge is 0.394 e. The highest BCUT2D eigenvalue weighted by Gasteiger charge is 2.20. The Morgan fingerprint density at radius 3 is 1.74 bits per heavy atom. The summed E-state index contributed by atoms with van der Waals surface area (Å²) in [6.07, 6.45) is 3.20. The number of carbonyl (C=O) groups is 3. The number of aliphatic hydroxyl groups is 1. The van der Waals surface area contributed by atoms with E-state index in [1.807, 2.05) is 6.92 Å². The van der Waals surface area contributed by atoms with Gasteiger partial charge in [-0.15, -0.1) is 0 Å². The van der Waals surface area contributed by atoms with Gasteiger partial charge < -0.3 is 49.5 Å². The van der Waals surface area contributed by atoms with Gasteiger partial charge in [0.1, 0.15) is 6.04 Å². The van der Waals surface area contributed by atoms with Crippen molar-refractivity contribution >= 4 is 17.7 Å². The molecule has 0 rings (SSSR count). The molecule has 3 amide bonds.